The van der Waals surface area contributed by atoms with Gasteiger partial charge in [-0.25, -0.2) is 4.39 Å². The van der Waals surface area contributed by atoms with E-state index in [1.807, 2.05) is 0 Å². The van der Waals surface area contributed by atoms with Crippen LogP contribution in [0.3, 0.4) is 0 Å². The van der Waals surface area contributed by atoms with Crippen LogP contribution < -0.4 is 0 Å². The highest BCUT2D eigenvalue weighted by molar-refractivity contribution is 6.15. The number of Topliss-reactive ketones (excluding diaryl/α,β-unsaturated/α-hetero) is 1. The lowest BCUT2D eigenvalue weighted by atomic mass is 9.95. The number of rotatable bonds is 5. The summed E-state index contributed by atoms with van der Waals surface area (Å²) in [5.41, 5.74) is 1.13. The van der Waals surface area contributed by atoms with Gasteiger partial charge in [0.2, 0.25) is 5.78 Å². The molecule has 0 saturated heterocycles. The number of carbonyl (C=O) groups excluding carboxylic acids is 2. The molecule has 1 atom stereocenters. The molecule has 1 amide bonds. The molecule has 146 valence electrons. The maximum absolute atomic E-state index is 13.5. The van der Waals surface area contributed by atoms with Gasteiger partial charge in [0.25, 0.3) is 5.91 Å². The Morgan fingerprint density at radius 2 is 1.97 bits per heavy atom. The van der Waals surface area contributed by atoms with Gasteiger partial charge in [-0.3, -0.25) is 14.6 Å². The average Bonchev–Trinajstić information content (AvgIpc) is 3.26. The third-order valence-electron chi connectivity index (χ3n) is 4.77. The monoisotopic (exact) mass is 392 g/mol. The van der Waals surface area contributed by atoms with Crippen molar-refractivity contribution < 1.29 is 23.5 Å². The SMILES string of the molecule is Cc1ccc(C(=O)C2=C(O)C(=O)N(Cc3cccnc3)[C@@H]2c2ccc(F)cc2)o1. The molecule has 0 bridgehead atoms. The third kappa shape index (κ3) is 3.42. The minimum Gasteiger partial charge on any atom is -0.503 e. The van der Waals surface area contributed by atoms with Gasteiger partial charge >= 0.3 is 0 Å². The lowest BCUT2D eigenvalue weighted by molar-refractivity contribution is -0.130. The molecule has 4 rings (SSSR count). The Labute approximate surface area is 165 Å². The first-order valence-corrected chi connectivity index (χ1v) is 8.95. The Hall–Kier alpha value is -3.74. The highest BCUT2D eigenvalue weighted by Crippen LogP contribution is 2.40. The van der Waals surface area contributed by atoms with Crippen LogP contribution in [0.2, 0.25) is 0 Å². The van der Waals surface area contributed by atoms with Gasteiger partial charge in [0.1, 0.15) is 11.6 Å². The van der Waals surface area contributed by atoms with Crippen LogP contribution >= 0.6 is 0 Å². The van der Waals surface area contributed by atoms with Crippen LogP contribution in [0.25, 0.3) is 0 Å². The molecular formula is C22H17FN2O4. The number of carbonyl (C=O) groups is 2. The Morgan fingerprint density at radius 1 is 1.21 bits per heavy atom. The number of furan rings is 1. The van der Waals surface area contributed by atoms with Crippen molar-refractivity contribution in [3.63, 3.8) is 0 Å². The van der Waals surface area contributed by atoms with Crippen molar-refractivity contribution in [2.24, 2.45) is 0 Å². The molecule has 0 spiro atoms. The number of amides is 1. The molecule has 0 fully saturated rings. The average molecular weight is 392 g/mol. The number of aliphatic hydroxyl groups excluding tert-OH is 1. The van der Waals surface area contributed by atoms with Crippen molar-refractivity contribution in [2.75, 3.05) is 0 Å². The van der Waals surface area contributed by atoms with E-state index in [9.17, 15) is 19.1 Å². The minimum atomic E-state index is -0.888. The topological polar surface area (TPSA) is 83.6 Å². The predicted octanol–water partition coefficient (Wildman–Crippen LogP) is 3.90. The predicted molar refractivity (Wildman–Crippen MR) is 101 cm³/mol. The summed E-state index contributed by atoms with van der Waals surface area (Å²) in [5.74, 6) is -1.81. The molecule has 0 radical (unpaired) electrons. The number of aliphatic hydroxyl groups is 1. The molecule has 7 heteroatoms. The zero-order valence-electron chi connectivity index (χ0n) is 15.5. The fourth-order valence-electron chi connectivity index (χ4n) is 3.42. The lowest BCUT2D eigenvalue weighted by Gasteiger charge is -2.26. The van der Waals surface area contributed by atoms with Crippen LogP contribution in [0.4, 0.5) is 4.39 Å². The number of hydrogen-bond donors (Lipinski definition) is 1. The number of benzene rings is 1. The first-order valence-electron chi connectivity index (χ1n) is 8.95. The van der Waals surface area contributed by atoms with Gasteiger partial charge < -0.3 is 14.4 Å². The minimum absolute atomic E-state index is 0.0205. The molecule has 0 aliphatic carbocycles. The Bertz CT molecular complexity index is 1100. The zero-order chi connectivity index (χ0) is 20.5. The summed E-state index contributed by atoms with van der Waals surface area (Å²) < 4.78 is 18.9. The Kier molecular flexibility index (Phi) is 4.72. The molecule has 3 aromatic rings. The van der Waals surface area contributed by atoms with E-state index in [1.165, 1.54) is 35.2 Å². The summed E-state index contributed by atoms with van der Waals surface area (Å²) >= 11 is 0. The highest BCUT2D eigenvalue weighted by Gasteiger charge is 2.44. The van der Waals surface area contributed by atoms with Crippen molar-refractivity contribution in [1.29, 1.82) is 0 Å². The molecule has 0 saturated carbocycles. The molecule has 1 aliphatic rings. The van der Waals surface area contributed by atoms with Crippen molar-refractivity contribution >= 4 is 11.7 Å². The second-order valence-corrected chi connectivity index (χ2v) is 6.75. The summed E-state index contributed by atoms with van der Waals surface area (Å²) in [4.78, 5) is 31.3. The van der Waals surface area contributed by atoms with E-state index < -0.39 is 29.3 Å². The van der Waals surface area contributed by atoms with Crippen LogP contribution in [-0.4, -0.2) is 26.7 Å². The number of halogens is 1. The van der Waals surface area contributed by atoms with E-state index in [0.717, 1.165) is 5.56 Å². The quantitative estimate of drug-likeness (QED) is 0.666. The van der Waals surface area contributed by atoms with Crippen LogP contribution in [0.5, 0.6) is 0 Å². The maximum Gasteiger partial charge on any atom is 0.290 e. The number of ketones is 1. The van der Waals surface area contributed by atoms with E-state index in [2.05, 4.69) is 4.98 Å². The highest BCUT2D eigenvalue weighted by atomic mass is 19.1. The Balaban J connectivity index is 1.79. The molecule has 29 heavy (non-hydrogen) atoms. The van der Waals surface area contributed by atoms with Gasteiger partial charge in [0, 0.05) is 18.9 Å². The third-order valence-corrected chi connectivity index (χ3v) is 4.77. The maximum atomic E-state index is 13.5. The van der Waals surface area contributed by atoms with Crippen molar-refractivity contribution in [3.05, 3.63) is 101 Å². The molecule has 3 heterocycles. The fourth-order valence-corrected chi connectivity index (χ4v) is 3.42. The van der Waals surface area contributed by atoms with Gasteiger partial charge in [0.15, 0.2) is 11.5 Å². The lowest BCUT2D eigenvalue weighted by Crippen LogP contribution is -2.30. The van der Waals surface area contributed by atoms with Gasteiger partial charge in [-0.05, 0) is 48.4 Å². The summed E-state index contributed by atoms with van der Waals surface area (Å²) in [6.45, 7) is 1.81. The van der Waals surface area contributed by atoms with E-state index in [1.54, 1.807) is 37.5 Å². The number of aromatic nitrogens is 1. The summed E-state index contributed by atoms with van der Waals surface area (Å²) in [6, 6.07) is 11.2. The summed E-state index contributed by atoms with van der Waals surface area (Å²) in [5, 5.41) is 10.6. The van der Waals surface area contributed by atoms with Crippen LogP contribution in [0, 0.1) is 12.7 Å². The molecule has 1 aromatic carbocycles. The molecular weight excluding hydrogens is 375 g/mol. The molecule has 6 nitrogen and oxygen atoms in total. The normalized spacial score (nSPS) is 16.6. The molecule has 1 aliphatic heterocycles. The first kappa shape index (κ1) is 18.6. The Morgan fingerprint density at radius 3 is 2.59 bits per heavy atom. The van der Waals surface area contributed by atoms with E-state index in [4.69, 9.17) is 4.42 Å². The number of pyridine rings is 1. The second-order valence-electron chi connectivity index (χ2n) is 6.75. The zero-order valence-corrected chi connectivity index (χ0v) is 15.5. The van der Waals surface area contributed by atoms with Crippen LogP contribution in [0.1, 0.15) is 33.5 Å². The summed E-state index contributed by atoms with van der Waals surface area (Å²) in [6.07, 6.45) is 3.21. The van der Waals surface area contributed by atoms with Crippen molar-refractivity contribution in [3.8, 4) is 0 Å². The van der Waals surface area contributed by atoms with Crippen molar-refractivity contribution in [2.45, 2.75) is 19.5 Å². The number of aryl methyl sites for hydroxylation is 1. The molecule has 1 N–H and O–H groups in total. The van der Waals surface area contributed by atoms with Crippen molar-refractivity contribution in [1.82, 2.24) is 9.88 Å². The number of nitrogens with zero attached hydrogens (tertiary/aromatic N) is 2. The molecule has 0 unspecified atom stereocenters. The largest absolute Gasteiger partial charge is 0.503 e. The smallest absolute Gasteiger partial charge is 0.290 e. The summed E-state index contributed by atoms with van der Waals surface area (Å²) in [7, 11) is 0. The van der Waals surface area contributed by atoms with Crippen LogP contribution in [0.15, 0.2) is 76.7 Å². The van der Waals surface area contributed by atoms with Gasteiger partial charge in [-0.2, -0.15) is 0 Å². The first-order chi connectivity index (χ1) is 14.0. The van der Waals surface area contributed by atoms with E-state index in [0.29, 0.717) is 11.3 Å². The standard InChI is InChI=1S/C22H17FN2O4/c1-13-4-9-17(29-13)20(26)18-19(15-5-7-16(23)8-6-15)25(22(28)21(18)27)12-14-3-2-10-24-11-14/h2-11,19,27H,12H2,1H3/t19-/m1/s1. The van der Waals surface area contributed by atoms with Gasteiger partial charge in [0.05, 0.1) is 11.6 Å². The molecule has 2 aromatic heterocycles. The fraction of sp³-hybridized carbons (Fsp3) is 0.136. The van der Waals surface area contributed by atoms with E-state index >= 15 is 0 Å². The van der Waals surface area contributed by atoms with E-state index in [-0.39, 0.29) is 17.9 Å². The number of hydrogen-bond acceptors (Lipinski definition) is 5. The van der Waals surface area contributed by atoms with Gasteiger partial charge in [-0.1, -0.05) is 18.2 Å². The van der Waals surface area contributed by atoms with Crippen LogP contribution in [-0.2, 0) is 11.3 Å². The second kappa shape index (κ2) is 7.35. The van der Waals surface area contributed by atoms with Gasteiger partial charge in [-0.15, -0.1) is 0 Å².